The fourth-order valence-electron chi connectivity index (χ4n) is 1.93. The number of hydrogen-bond acceptors (Lipinski definition) is 4. The van der Waals surface area contributed by atoms with E-state index in [1.807, 2.05) is 19.1 Å². The molecule has 0 atom stereocenters. The first kappa shape index (κ1) is 14.7. The number of phenols is 1. The average Bonchev–Trinajstić information content (AvgIpc) is 2.48. The van der Waals surface area contributed by atoms with E-state index in [-0.39, 0.29) is 5.75 Å². The zero-order valence-corrected chi connectivity index (χ0v) is 11.8. The molecular weight excluding hydrogens is 268 g/mol. The van der Waals surface area contributed by atoms with Crippen molar-refractivity contribution in [1.82, 2.24) is 0 Å². The molecule has 0 unspecified atom stereocenters. The smallest absolute Gasteiger partial charge is 0.248 e. The third-order valence-corrected chi connectivity index (χ3v) is 2.97. The molecule has 0 spiro atoms. The zero-order valence-electron chi connectivity index (χ0n) is 11.8. The number of aromatic hydroxyl groups is 1. The van der Waals surface area contributed by atoms with E-state index in [0.717, 1.165) is 11.3 Å². The maximum Gasteiger partial charge on any atom is 0.248 e. The highest BCUT2D eigenvalue weighted by molar-refractivity contribution is 5.93. The number of anilines is 1. The molecule has 2 aromatic rings. The van der Waals surface area contributed by atoms with Crippen molar-refractivity contribution in [3.8, 4) is 11.5 Å². The van der Waals surface area contributed by atoms with Crippen LogP contribution >= 0.6 is 0 Å². The van der Waals surface area contributed by atoms with Gasteiger partial charge in [-0.2, -0.15) is 0 Å². The lowest BCUT2D eigenvalue weighted by Gasteiger charge is -2.10. The Balaban J connectivity index is 2.07. The van der Waals surface area contributed by atoms with Crippen LogP contribution in [-0.2, 0) is 6.54 Å². The van der Waals surface area contributed by atoms with Crippen LogP contribution in [0.25, 0.3) is 0 Å². The third-order valence-electron chi connectivity index (χ3n) is 2.97. The molecule has 0 bridgehead atoms. The van der Waals surface area contributed by atoms with E-state index in [4.69, 9.17) is 10.5 Å². The predicted octanol–water partition coefficient (Wildman–Crippen LogP) is 2.50. The summed E-state index contributed by atoms with van der Waals surface area (Å²) in [5.41, 5.74) is 7.47. The molecule has 0 fully saturated rings. The van der Waals surface area contributed by atoms with Crippen molar-refractivity contribution in [1.29, 1.82) is 0 Å². The van der Waals surface area contributed by atoms with Crippen LogP contribution < -0.4 is 15.8 Å². The summed E-state index contributed by atoms with van der Waals surface area (Å²) in [6.45, 7) is 2.90. The number of carbonyl (C=O) groups is 1. The molecule has 4 N–H and O–H groups in total. The number of benzene rings is 2. The third kappa shape index (κ3) is 3.89. The number of rotatable bonds is 6. The SMILES string of the molecule is CCOc1cc(CNc2cccc(C(N)=O)c2)ccc1O. The molecular formula is C16H18N2O3. The first-order valence-corrected chi connectivity index (χ1v) is 6.68. The summed E-state index contributed by atoms with van der Waals surface area (Å²) >= 11 is 0. The van der Waals surface area contributed by atoms with E-state index >= 15 is 0 Å². The van der Waals surface area contributed by atoms with Crippen molar-refractivity contribution in [3.05, 3.63) is 53.6 Å². The molecule has 1 amide bonds. The number of nitrogens with one attached hydrogen (secondary N) is 1. The van der Waals surface area contributed by atoms with Crippen molar-refractivity contribution in [2.45, 2.75) is 13.5 Å². The molecule has 110 valence electrons. The Bertz CT molecular complexity index is 641. The molecule has 0 aliphatic heterocycles. The average molecular weight is 286 g/mol. The van der Waals surface area contributed by atoms with Gasteiger partial charge in [0.1, 0.15) is 0 Å². The van der Waals surface area contributed by atoms with E-state index < -0.39 is 5.91 Å². The molecule has 2 rings (SSSR count). The minimum atomic E-state index is -0.457. The van der Waals surface area contributed by atoms with E-state index in [0.29, 0.717) is 24.5 Å². The first-order chi connectivity index (χ1) is 10.1. The summed E-state index contributed by atoms with van der Waals surface area (Å²) in [5, 5.41) is 12.9. The lowest BCUT2D eigenvalue weighted by molar-refractivity contribution is 0.100. The molecule has 0 radical (unpaired) electrons. The summed E-state index contributed by atoms with van der Waals surface area (Å²) in [6, 6.07) is 12.2. The van der Waals surface area contributed by atoms with Crippen LogP contribution in [0.3, 0.4) is 0 Å². The zero-order chi connectivity index (χ0) is 15.2. The molecule has 0 saturated heterocycles. The lowest BCUT2D eigenvalue weighted by Crippen LogP contribution is -2.11. The Hall–Kier alpha value is -2.69. The van der Waals surface area contributed by atoms with Gasteiger partial charge >= 0.3 is 0 Å². The molecule has 0 aliphatic rings. The molecule has 5 nitrogen and oxygen atoms in total. The van der Waals surface area contributed by atoms with Crippen LogP contribution in [0.2, 0.25) is 0 Å². The first-order valence-electron chi connectivity index (χ1n) is 6.68. The van der Waals surface area contributed by atoms with Gasteiger partial charge in [-0.15, -0.1) is 0 Å². The Morgan fingerprint density at radius 2 is 2.10 bits per heavy atom. The van der Waals surface area contributed by atoms with E-state index in [1.165, 1.54) is 0 Å². The highest BCUT2D eigenvalue weighted by Crippen LogP contribution is 2.27. The van der Waals surface area contributed by atoms with Crippen LogP contribution in [0.5, 0.6) is 11.5 Å². The Morgan fingerprint density at radius 1 is 1.29 bits per heavy atom. The molecule has 21 heavy (non-hydrogen) atoms. The highest BCUT2D eigenvalue weighted by Gasteiger charge is 2.04. The fraction of sp³-hybridized carbons (Fsp3) is 0.188. The standard InChI is InChI=1S/C16H18N2O3/c1-2-21-15-8-11(6-7-14(15)19)10-18-13-5-3-4-12(9-13)16(17)20/h3-9,18-19H,2,10H2,1H3,(H2,17,20). The van der Waals surface area contributed by atoms with Gasteiger partial charge < -0.3 is 20.9 Å². The number of amides is 1. The van der Waals surface area contributed by atoms with Gasteiger partial charge in [0.05, 0.1) is 6.61 Å². The number of phenolic OH excluding ortho intramolecular Hbond substituents is 1. The van der Waals surface area contributed by atoms with Gasteiger partial charge in [0.15, 0.2) is 11.5 Å². The van der Waals surface area contributed by atoms with Crippen LogP contribution in [-0.4, -0.2) is 17.6 Å². The van der Waals surface area contributed by atoms with E-state index in [1.54, 1.807) is 30.3 Å². The van der Waals surface area contributed by atoms with Gasteiger partial charge in [-0.25, -0.2) is 0 Å². The summed E-state index contributed by atoms with van der Waals surface area (Å²) in [6.07, 6.45) is 0. The van der Waals surface area contributed by atoms with Crippen LogP contribution in [0.4, 0.5) is 5.69 Å². The maximum atomic E-state index is 11.1. The van der Waals surface area contributed by atoms with Crippen molar-refractivity contribution >= 4 is 11.6 Å². The predicted molar refractivity (Wildman–Crippen MR) is 81.6 cm³/mol. The number of carbonyl (C=O) groups excluding carboxylic acids is 1. The summed E-state index contributed by atoms with van der Waals surface area (Å²) < 4.78 is 5.34. The second-order valence-corrected chi connectivity index (χ2v) is 4.53. The molecule has 0 aromatic heterocycles. The lowest BCUT2D eigenvalue weighted by atomic mass is 10.1. The molecule has 2 aromatic carbocycles. The maximum absolute atomic E-state index is 11.1. The van der Waals surface area contributed by atoms with Gasteiger partial charge in [0.2, 0.25) is 5.91 Å². The van der Waals surface area contributed by atoms with E-state index in [2.05, 4.69) is 5.32 Å². The summed E-state index contributed by atoms with van der Waals surface area (Å²) in [7, 11) is 0. The minimum Gasteiger partial charge on any atom is -0.504 e. The normalized spacial score (nSPS) is 10.1. The molecule has 0 heterocycles. The summed E-state index contributed by atoms with van der Waals surface area (Å²) in [4.78, 5) is 11.1. The fourth-order valence-corrected chi connectivity index (χ4v) is 1.93. The number of hydrogen-bond donors (Lipinski definition) is 3. The summed E-state index contributed by atoms with van der Waals surface area (Å²) in [5.74, 6) is 0.126. The number of ether oxygens (including phenoxy) is 1. The van der Waals surface area contributed by atoms with Gasteiger partial charge in [0.25, 0.3) is 0 Å². The quantitative estimate of drug-likeness (QED) is 0.761. The van der Waals surface area contributed by atoms with E-state index in [9.17, 15) is 9.90 Å². The molecule has 5 heteroatoms. The molecule has 0 aliphatic carbocycles. The molecule has 0 saturated carbocycles. The van der Waals surface area contributed by atoms with Gasteiger partial charge in [0, 0.05) is 17.8 Å². The largest absolute Gasteiger partial charge is 0.504 e. The van der Waals surface area contributed by atoms with Crippen LogP contribution in [0, 0.1) is 0 Å². The topological polar surface area (TPSA) is 84.6 Å². The van der Waals surface area contributed by atoms with Crippen molar-refractivity contribution in [2.75, 3.05) is 11.9 Å². The second kappa shape index (κ2) is 6.65. The minimum absolute atomic E-state index is 0.122. The number of nitrogens with two attached hydrogens (primary N) is 1. The Kier molecular flexibility index (Phi) is 4.66. The van der Waals surface area contributed by atoms with Crippen molar-refractivity contribution in [3.63, 3.8) is 0 Å². The van der Waals surface area contributed by atoms with Gasteiger partial charge in [-0.05, 0) is 42.8 Å². The highest BCUT2D eigenvalue weighted by atomic mass is 16.5. The van der Waals surface area contributed by atoms with Crippen molar-refractivity contribution in [2.24, 2.45) is 5.73 Å². The van der Waals surface area contributed by atoms with Crippen LogP contribution in [0.1, 0.15) is 22.8 Å². The monoisotopic (exact) mass is 286 g/mol. The van der Waals surface area contributed by atoms with Gasteiger partial charge in [-0.1, -0.05) is 12.1 Å². The van der Waals surface area contributed by atoms with Crippen LogP contribution in [0.15, 0.2) is 42.5 Å². The Labute approximate surface area is 123 Å². The Morgan fingerprint density at radius 3 is 2.81 bits per heavy atom. The number of primary amides is 1. The van der Waals surface area contributed by atoms with Gasteiger partial charge in [-0.3, -0.25) is 4.79 Å². The van der Waals surface area contributed by atoms with Crippen molar-refractivity contribution < 1.29 is 14.6 Å². The second-order valence-electron chi connectivity index (χ2n) is 4.53.